The van der Waals surface area contributed by atoms with E-state index < -0.39 is 18.0 Å². The van der Waals surface area contributed by atoms with Crippen molar-refractivity contribution in [2.24, 2.45) is 0 Å². The highest BCUT2D eigenvalue weighted by Crippen LogP contribution is 2.09. The van der Waals surface area contributed by atoms with Crippen LogP contribution in [0, 0.1) is 0 Å². The van der Waals surface area contributed by atoms with Crippen molar-refractivity contribution in [2.45, 2.75) is 162 Å². The Morgan fingerprint density at radius 3 is 1.12 bits per heavy atom. The van der Waals surface area contributed by atoms with E-state index in [0.29, 0.717) is 19.3 Å². The summed E-state index contributed by atoms with van der Waals surface area (Å²) in [6.07, 6.45) is 78.9. The van der Waals surface area contributed by atoms with Crippen LogP contribution in [-0.2, 0) is 28.6 Å². The molecule has 0 radical (unpaired) electrons. The Labute approximate surface area is 402 Å². The Hall–Kier alpha value is -5.49. The smallest absolute Gasteiger partial charge is 0.306 e. The summed E-state index contributed by atoms with van der Waals surface area (Å²) in [5.41, 5.74) is 0. The summed E-state index contributed by atoms with van der Waals surface area (Å²) >= 11 is 0. The predicted octanol–water partition coefficient (Wildman–Crippen LogP) is 16.6. The second kappa shape index (κ2) is 52.1. The molecule has 0 bridgehead atoms. The highest BCUT2D eigenvalue weighted by atomic mass is 16.6. The fourth-order valence-electron chi connectivity index (χ4n) is 5.66. The number of carbonyl (C=O) groups is 3. The molecule has 0 aliphatic heterocycles. The van der Waals surface area contributed by atoms with E-state index in [2.05, 4.69) is 136 Å². The van der Waals surface area contributed by atoms with Gasteiger partial charge in [0.1, 0.15) is 13.2 Å². The molecule has 0 N–H and O–H groups in total. The second-order valence-electron chi connectivity index (χ2n) is 15.3. The molecule has 0 aliphatic rings. The molecule has 1 atom stereocenters. The van der Waals surface area contributed by atoms with E-state index in [9.17, 15) is 14.4 Å². The third-order valence-electron chi connectivity index (χ3n) is 9.28. The fraction of sp³-hybridized carbons (Fsp3) is 0.450. The molecule has 0 heterocycles. The molecule has 6 nitrogen and oxygen atoms in total. The highest BCUT2D eigenvalue weighted by Gasteiger charge is 2.19. The summed E-state index contributed by atoms with van der Waals surface area (Å²) in [5.74, 6) is -1.17. The van der Waals surface area contributed by atoms with Gasteiger partial charge in [0.05, 0.1) is 0 Å². The van der Waals surface area contributed by atoms with Crippen LogP contribution in [0.1, 0.15) is 156 Å². The first-order chi connectivity index (χ1) is 32.5. The molecule has 66 heavy (non-hydrogen) atoms. The minimum Gasteiger partial charge on any atom is -0.462 e. The lowest BCUT2D eigenvalue weighted by Gasteiger charge is -2.18. The largest absolute Gasteiger partial charge is 0.462 e. The average Bonchev–Trinajstić information content (AvgIpc) is 3.31. The number of allylic oxidation sites excluding steroid dienone is 30. The molecular formula is C60H86O6. The zero-order valence-corrected chi connectivity index (χ0v) is 41.1. The molecule has 0 aromatic heterocycles. The van der Waals surface area contributed by atoms with Crippen molar-refractivity contribution >= 4 is 17.9 Å². The Balaban J connectivity index is 4.70. The van der Waals surface area contributed by atoms with E-state index in [-0.39, 0.29) is 38.4 Å². The Morgan fingerprint density at radius 1 is 0.318 bits per heavy atom. The van der Waals surface area contributed by atoms with Crippen LogP contribution in [0.3, 0.4) is 0 Å². The molecule has 0 aliphatic carbocycles. The van der Waals surface area contributed by atoms with Gasteiger partial charge in [0.2, 0.25) is 0 Å². The minimum atomic E-state index is -0.865. The van der Waals surface area contributed by atoms with Crippen molar-refractivity contribution in [2.75, 3.05) is 13.2 Å². The number of hydrogen-bond acceptors (Lipinski definition) is 6. The quantitative estimate of drug-likeness (QED) is 0.0200. The molecule has 0 saturated heterocycles. The standard InChI is InChI=1S/C60H86O6/c1-4-7-10-13-16-19-22-25-27-29-30-31-33-35-38-41-44-47-50-53-59(62)65-56-57(55-64-58(61)52-49-46-43-40-37-34-24-21-18-15-12-9-6-3)66-60(63)54-51-48-45-42-39-36-32-28-26-23-20-17-14-11-8-5-2/h7-12,15-21,24-28,30-31,34-40,43-44,47,57H,4-6,13-14,22-23,29,32-33,41-42,45-46,48-56H2,1-3H3/b10-7+,11-8+,12-9+,18-15+,19-16+,20-17+,24-21+,27-25+,28-26+,31-30+,37-34+,38-35+,39-36+,43-40+,47-44+. The van der Waals surface area contributed by atoms with Crippen molar-refractivity contribution in [1.29, 1.82) is 0 Å². The van der Waals surface area contributed by atoms with Gasteiger partial charge in [-0.25, -0.2) is 0 Å². The molecule has 0 aromatic rings. The molecule has 0 saturated carbocycles. The maximum Gasteiger partial charge on any atom is 0.306 e. The number of rotatable bonds is 41. The molecule has 6 heteroatoms. The fourth-order valence-corrected chi connectivity index (χ4v) is 5.66. The lowest BCUT2D eigenvalue weighted by molar-refractivity contribution is -0.166. The van der Waals surface area contributed by atoms with Gasteiger partial charge in [-0.05, 0) is 109 Å². The van der Waals surface area contributed by atoms with Crippen molar-refractivity contribution in [3.8, 4) is 0 Å². The zero-order chi connectivity index (χ0) is 47.9. The molecule has 0 spiro atoms. The van der Waals surface area contributed by atoms with E-state index in [1.807, 2.05) is 66.8 Å². The molecule has 0 aromatic carbocycles. The lowest BCUT2D eigenvalue weighted by Crippen LogP contribution is -2.30. The van der Waals surface area contributed by atoms with Crippen LogP contribution in [0.15, 0.2) is 182 Å². The van der Waals surface area contributed by atoms with Crippen molar-refractivity contribution < 1.29 is 28.6 Å². The van der Waals surface area contributed by atoms with Gasteiger partial charge in [-0.15, -0.1) is 0 Å². The van der Waals surface area contributed by atoms with Crippen molar-refractivity contribution in [1.82, 2.24) is 0 Å². The summed E-state index contributed by atoms with van der Waals surface area (Å²) in [6.45, 7) is 6.06. The van der Waals surface area contributed by atoms with E-state index >= 15 is 0 Å². The Morgan fingerprint density at radius 2 is 0.667 bits per heavy atom. The first kappa shape index (κ1) is 60.5. The summed E-state index contributed by atoms with van der Waals surface area (Å²) in [5, 5.41) is 0. The minimum absolute atomic E-state index is 0.162. The summed E-state index contributed by atoms with van der Waals surface area (Å²) in [4.78, 5) is 37.9. The van der Waals surface area contributed by atoms with Gasteiger partial charge >= 0.3 is 17.9 Å². The van der Waals surface area contributed by atoms with Gasteiger partial charge < -0.3 is 14.2 Å². The summed E-state index contributed by atoms with van der Waals surface area (Å²) < 4.78 is 16.6. The van der Waals surface area contributed by atoms with Crippen LogP contribution in [0.4, 0.5) is 0 Å². The van der Waals surface area contributed by atoms with Crippen LogP contribution >= 0.6 is 0 Å². The SMILES string of the molecule is CC/C=C/C=C/C=C/C=C/C=C/CCCC(=O)OCC(COC(=O)CC/C=C/C/C=C/C/C=C/C/C=C/C/C=C/C/C=C/CC)OC(=O)CCCCC/C=C/C/C=C/C/C=C/C/C=C/CC. The number of esters is 3. The first-order valence-electron chi connectivity index (χ1n) is 24.9. The maximum absolute atomic E-state index is 12.8. The number of hydrogen-bond donors (Lipinski definition) is 0. The van der Waals surface area contributed by atoms with E-state index in [1.165, 1.54) is 0 Å². The normalized spacial score (nSPS) is 13.7. The maximum atomic E-state index is 12.8. The van der Waals surface area contributed by atoms with E-state index in [0.717, 1.165) is 96.3 Å². The first-order valence-corrected chi connectivity index (χ1v) is 24.9. The van der Waals surface area contributed by atoms with Gasteiger partial charge in [-0.2, -0.15) is 0 Å². The molecule has 1 unspecified atom stereocenters. The van der Waals surface area contributed by atoms with Crippen LogP contribution < -0.4 is 0 Å². The van der Waals surface area contributed by atoms with Gasteiger partial charge in [0, 0.05) is 19.3 Å². The summed E-state index contributed by atoms with van der Waals surface area (Å²) in [7, 11) is 0. The van der Waals surface area contributed by atoms with Crippen LogP contribution in [0.2, 0.25) is 0 Å². The lowest BCUT2D eigenvalue weighted by atomic mass is 10.1. The predicted molar refractivity (Wildman–Crippen MR) is 283 cm³/mol. The molecular weight excluding hydrogens is 817 g/mol. The number of unbranched alkanes of at least 4 members (excludes halogenated alkanes) is 4. The third kappa shape index (κ3) is 49.5. The van der Waals surface area contributed by atoms with Crippen LogP contribution in [0.25, 0.3) is 0 Å². The van der Waals surface area contributed by atoms with Gasteiger partial charge in [0.25, 0.3) is 0 Å². The molecule has 362 valence electrons. The number of carbonyl (C=O) groups excluding carboxylic acids is 3. The van der Waals surface area contributed by atoms with Crippen molar-refractivity contribution in [3.05, 3.63) is 182 Å². The Kier molecular flexibility index (Phi) is 47.8. The van der Waals surface area contributed by atoms with Crippen LogP contribution in [0.5, 0.6) is 0 Å². The van der Waals surface area contributed by atoms with Gasteiger partial charge in [0.15, 0.2) is 6.10 Å². The van der Waals surface area contributed by atoms with Crippen molar-refractivity contribution in [3.63, 3.8) is 0 Å². The topological polar surface area (TPSA) is 78.9 Å². The van der Waals surface area contributed by atoms with Gasteiger partial charge in [-0.3, -0.25) is 14.4 Å². The summed E-state index contributed by atoms with van der Waals surface area (Å²) in [6, 6.07) is 0. The molecule has 0 amide bonds. The number of ether oxygens (including phenoxy) is 3. The Bertz CT molecular complexity index is 1650. The molecule has 0 fully saturated rings. The van der Waals surface area contributed by atoms with Gasteiger partial charge in [-0.1, -0.05) is 209 Å². The van der Waals surface area contributed by atoms with E-state index in [4.69, 9.17) is 14.2 Å². The molecule has 0 rings (SSSR count). The van der Waals surface area contributed by atoms with E-state index in [1.54, 1.807) is 0 Å². The van der Waals surface area contributed by atoms with Crippen LogP contribution in [-0.4, -0.2) is 37.2 Å². The highest BCUT2D eigenvalue weighted by molar-refractivity contribution is 5.71. The zero-order valence-electron chi connectivity index (χ0n) is 41.1. The third-order valence-corrected chi connectivity index (χ3v) is 9.28. The average molecular weight is 903 g/mol. The monoisotopic (exact) mass is 903 g/mol. The second-order valence-corrected chi connectivity index (χ2v) is 15.3.